The third-order valence-corrected chi connectivity index (χ3v) is 1.97. The second-order valence-corrected chi connectivity index (χ2v) is 3.19. The van der Waals surface area contributed by atoms with E-state index in [1.165, 1.54) is 6.20 Å². The van der Waals surface area contributed by atoms with Gasteiger partial charge in [0, 0.05) is 6.07 Å². The van der Waals surface area contributed by atoms with Crippen molar-refractivity contribution in [1.82, 2.24) is 4.98 Å². The van der Waals surface area contributed by atoms with Crippen LogP contribution < -0.4 is 10.5 Å². The number of nitrogens with two attached hydrogens (primary N) is 1. The standard InChI is InChI=1S/C12H10N2O2/c13-10-6-7-11(14-8-10)16-12(15)9-4-2-1-3-5-9/h1-8H,13H2. The van der Waals surface area contributed by atoms with E-state index in [0.29, 0.717) is 11.3 Å². The maximum absolute atomic E-state index is 11.6. The molecular formula is C12H10N2O2. The average Bonchev–Trinajstić information content (AvgIpc) is 2.33. The van der Waals surface area contributed by atoms with Crippen molar-refractivity contribution in [3.05, 3.63) is 54.2 Å². The average molecular weight is 214 g/mol. The first-order valence-corrected chi connectivity index (χ1v) is 4.74. The first-order valence-electron chi connectivity index (χ1n) is 4.74. The smallest absolute Gasteiger partial charge is 0.344 e. The third-order valence-electron chi connectivity index (χ3n) is 1.97. The van der Waals surface area contributed by atoms with Gasteiger partial charge in [-0.3, -0.25) is 0 Å². The Morgan fingerprint density at radius 1 is 1.12 bits per heavy atom. The number of pyridine rings is 1. The molecule has 0 atom stereocenters. The number of carbonyl (C=O) groups is 1. The molecule has 4 nitrogen and oxygen atoms in total. The maximum Gasteiger partial charge on any atom is 0.344 e. The van der Waals surface area contributed by atoms with Crippen molar-refractivity contribution >= 4 is 11.7 Å². The Labute approximate surface area is 92.7 Å². The summed E-state index contributed by atoms with van der Waals surface area (Å²) < 4.78 is 5.05. The van der Waals surface area contributed by atoms with Gasteiger partial charge in [-0.1, -0.05) is 18.2 Å². The molecule has 1 aromatic carbocycles. The van der Waals surface area contributed by atoms with E-state index in [9.17, 15) is 4.79 Å². The van der Waals surface area contributed by atoms with Gasteiger partial charge >= 0.3 is 5.97 Å². The van der Waals surface area contributed by atoms with Crippen LogP contribution in [0.15, 0.2) is 48.7 Å². The van der Waals surface area contributed by atoms with Gasteiger partial charge in [0.25, 0.3) is 0 Å². The summed E-state index contributed by atoms with van der Waals surface area (Å²) in [6.45, 7) is 0. The minimum atomic E-state index is -0.433. The Morgan fingerprint density at radius 2 is 1.88 bits per heavy atom. The van der Waals surface area contributed by atoms with Crippen molar-refractivity contribution in [2.75, 3.05) is 5.73 Å². The fraction of sp³-hybridized carbons (Fsp3) is 0. The second kappa shape index (κ2) is 4.44. The van der Waals surface area contributed by atoms with Crippen LogP contribution >= 0.6 is 0 Å². The summed E-state index contributed by atoms with van der Waals surface area (Å²) >= 11 is 0. The molecule has 1 heterocycles. The van der Waals surface area contributed by atoms with Gasteiger partial charge in [0.2, 0.25) is 5.88 Å². The van der Waals surface area contributed by atoms with Gasteiger partial charge in [0.15, 0.2) is 0 Å². The van der Waals surface area contributed by atoms with E-state index in [-0.39, 0.29) is 5.88 Å². The summed E-state index contributed by atoms with van der Waals surface area (Å²) in [6, 6.07) is 11.9. The molecular weight excluding hydrogens is 204 g/mol. The molecule has 0 saturated heterocycles. The zero-order valence-electron chi connectivity index (χ0n) is 8.46. The number of hydrogen-bond donors (Lipinski definition) is 1. The van der Waals surface area contributed by atoms with Gasteiger partial charge in [-0.05, 0) is 18.2 Å². The molecule has 0 aliphatic carbocycles. The van der Waals surface area contributed by atoms with Crippen LogP contribution in [-0.2, 0) is 0 Å². The first kappa shape index (κ1) is 10.2. The molecule has 2 N–H and O–H groups in total. The molecule has 0 bridgehead atoms. The molecule has 0 unspecified atom stereocenters. The molecule has 4 heteroatoms. The Balaban J connectivity index is 2.11. The SMILES string of the molecule is Nc1ccc(OC(=O)c2ccccc2)nc1. The van der Waals surface area contributed by atoms with E-state index in [4.69, 9.17) is 10.5 Å². The highest BCUT2D eigenvalue weighted by Gasteiger charge is 2.07. The topological polar surface area (TPSA) is 65.2 Å². The van der Waals surface area contributed by atoms with E-state index in [2.05, 4.69) is 4.98 Å². The number of hydrogen-bond acceptors (Lipinski definition) is 4. The molecule has 0 radical (unpaired) electrons. The highest BCUT2D eigenvalue weighted by Crippen LogP contribution is 2.10. The lowest BCUT2D eigenvalue weighted by Crippen LogP contribution is -2.09. The van der Waals surface area contributed by atoms with Crippen molar-refractivity contribution < 1.29 is 9.53 Å². The quantitative estimate of drug-likeness (QED) is 0.775. The molecule has 0 aliphatic rings. The highest BCUT2D eigenvalue weighted by molar-refractivity contribution is 5.90. The molecule has 1 aromatic heterocycles. The molecule has 0 fully saturated rings. The minimum absolute atomic E-state index is 0.239. The van der Waals surface area contributed by atoms with Crippen LogP contribution in [0.1, 0.15) is 10.4 Å². The maximum atomic E-state index is 11.6. The molecule has 0 aliphatic heterocycles. The van der Waals surface area contributed by atoms with Crippen LogP contribution in [0.4, 0.5) is 5.69 Å². The predicted molar refractivity (Wildman–Crippen MR) is 60.0 cm³/mol. The molecule has 2 rings (SSSR count). The first-order chi connectivity index (χ1) is 7.75. The summed E-state index contributed by atoms with van der Waals surface area (Å²) in [5, 5.41) is 0. The van der Waals surface area contributed by atoms with E-state index in [0.717, 1.165) is 0 Å². The van der Waals surface area contributed by atoms with Crippen molar-refractivity contribution in [2.45, 2.75) is 0 Å². The zero-order valence-corrected chi connectivity index (χ0v) is 8.46. The molecule has 80 valence electrons. The third kappa shape index (κ3) is 2.36. The van der Waals surface area contributed by atoms with Crippen molar-refractivity contribution in [1.29, 1.82) is 0 Å². The molecule has 16 heavy (non-hydrogen) atoms. The Hall–Kier alpha value is -2.36. The monoisotopic (exact) mass is 214 g/mol. The molecule has 0 amide bonds. The number of ether oxygens (including phenoxy) is 1. The highest BCUT2D eigenvalue weighted by atomic mass is 16.5. The number of aromatic nitrogens is 1. The van der Waals surface area contributed by atoms with Crippen LogP contribution in [0.5, 0.6) is 5.88 Å². The van der Waals surface area contributed by atoms with Crippen molar-refractivity contribution in [3.8, 4) is 5.88 Å². The van der Waals surface area contributed by atoms with Crippen LogP contribution in [0.25, 0.3) is 0 Å². The largest absolute Gasteiger partial charge is 0.404 e. The second-order valence-electron chi connectivity index (χ2n) is 3.19. The summed E-state index contributed by atoms with van der Waals surface area (Å²) in [7, 11) is 0. The minimum Gasteiger partial charge on any atom is -0.404 e. The Bertz CT molecular complexity index is 480. The Kier molecular flexibility index (Phi) is 2.82. The summed E-state index contributed by atoms with van der Waals surface area (Å²) in [4.78, 5) is 15.5. The van der Waals surface area contributed by atoms with E-state index in [1.807, 2.05) is 6.07 Å². The van der Waals surface area contributed by atoms with E-state index in [1.54, 1.807) is 36.4 Å². The van der Waals surface area contributed by atoms with Gasteiger partial charge in [-0.25, -0.2) is 9.78 Å². The number of esters is 1. The van der Waals surface area contributed by atoms with Crippen molar-refractivity contribution in [2.24, 2.45) is 0 Å². The summed E-state index contributed by atoms with van der Waals surface area (Å²) in [5.74, 6) is -0.194. The number of anilines is 1. The number of nitrogen functional groups attached to an aromatic ring is 1. The fourth-order valence-corrected chi connectivity index (χ4v) is 1.18. The lowest BCUT2D eigenvalue weighted by atomic mass is 10.2. The fourth-order valence-electron chi connectivity index (χ4n) is 1.18. The van der Waals surface area contributed by atoms with Gasteiger partial charge in [0.1, 0.15) is 0 Å². The van der Waals surface area contributed by atoms with E-state index < -0.39 is 5.97 Å². The van der Waals surface area contributed by atoms with Crippen LogP contribution in [0.3, 0.4) is 0 Å². The lowest BCUT2D eigenvalue weighted by molar-refractivity contribution is 0.0727. The van der Waals surface area contributed by atoms with E-state index >= 15 is 0 Å². The van der Waals surface area contributed by atoms with Gasteiger partial charge < -0.3 is 10.5 Å². The normalized spacial score (nSPS) is 9.75. The number of rotatable bonds is 2. The zero-order chi connectivity index (χ0) is 11.4. The van der Waals surface area contributed by atoms with Crippen LogP contribution in [0.2, 0.25) is 0 Å². The lowest BCUT2D eigenvalue weighted by Gasteiger charge is -2.02. The molecule has 0 saturated carbocycles. The number of benzene rings is 1. The van der Waals surface area contributed by atoms with Gasteiger partial charge in [0.05, 0.1) is 17.4 Å². The van der Waals surface area contributed by atoms with Crippen LogP contribution in [-0.4, -0.2) is 11.0 Å². The van der Waals surface area contributed by atoms with Crippen LogP contribution in [0, 0.1) is 0 Å². The number of carbonyl (C=O) groups excluding carboxylic acids is 1. The van der Waals surface area contributed by atoms with Gasteiger partial charge in [-0.2, -0.15) is 0 Å². The predicted octanol–water partition coefficient (Wildman–Crippen LogP) is 1.88. The Morgan fingerprint density at radius 3 is 2.50 bits per heavy atom. The molecule has 2 aromatic rings. The summed E-state index contributed by atoms with van der Waals surface area (Å²) in [6.07, 6.45) is 1.44. The summed E-state index contributed by atoms with van der Waals surface area (Å²) in [5.41, 5.74) is 6.48. The number of nitrogens with zero attached hydrogens (tertiary/aromatic N) is 1. The van der Waals surface area contributed by atoms with Gasteiger partial charge in [-0.15, -0.1) is 0 Å². The molecule has 0 spiro atoms. The van der Waals surface area contributed by atoms with Crippen molar-refractivity contribution in [3.63, 3.8) is 0 Å².